The molecule has 0 radical (unpaired) electrons. The van der Waals surface area contributed by atoms with Crippen LogP contribution in [0.15, 0.2) is 42.5 Å². The number of rotatable bonds is 8. The van der Waals surface area contributed by atoms with E-state index in [4.69, 9.17) is 10.00 Å². The van der Waals surface area contributed by atoms with Gasteiger partial charge in [-0.2, -0.15) is 5.26 Å². The van der Waals surface area contributed by atoms with Gasteiger partial charge in [-0.3, -0.25) is 9.59 Å². The Kier molecular flexibility index (Phi) is 7.38. The molecule has 0 fully saturated rings. The lowest BCUT2D eigenvalue weighted by Gasteiger charge is -2.12. The molecule has 27 heavy (non-hydrogen) atoms. The summed E-state index contributed by atoms with van der Waals surface area (Å²) >= 11 is 0. The number of nitrogens with zero attached hydrogens (tertiary/aromatic N) is 1. The number of nitrogens with one attached hydrogen (secondary N) is 2. The number of para-hydroxylation sites is 1. The minimum atomic E-state index is -0.363. The molecular weight excluding hydrogens is 342 g/mol. The number of hydrogen-bond donors (Lipinski definition) is 2. The number of benzene rings is 2. The van der Waals surface area contributed by atoms with Crippen molar-refractivity contribution in [2.45, 2.75) is 33.1 Å². The van der Waals surface area contributed by atoms with Crippen molar-refractivity contribution in [3.05, 3.63) is 53.6 Å². The zero-order valence-corrected chi connectivity index (χ0v) is 15.5. The first-order valence-corrected chi connectivity index (χ1v) is 8.75. The van der Waals surface area contributed by atoms with Gasteiger partial charge in [0, 0.05) is 17.8 Å². The van der Waals surface area contributed by atoms with Gasteiger partial charge in [-0.1, -0.05) is 18.2 Å². The molecule has 0 unspecified atom stereocenters. The van der Waals surface area contributed by atoms with Crippen molar-refractivity contribution >= 4 is 23.2 Å². The summed E-state index contributed by atoms with van der Waals surface area (Å²) in [6, 6.07) is 14.5. The zero-order valence-electron chi connectivity index (χ0n) is 15.5. The maximum atomic E-state index is 12.0. The Balaban J connectivity index is 1.74. The topological polar surface area (TPSA) is 91.2 Å². The fraction of sp³-hybridized carbons (Fsp3) is 0.286. The van der Waals surface area contributed by atoms with Crippen LogP contribution in [0.2, 0.25) is 0 Å². The molecule has 0 atom stereocenters. The lowest BCUT2D eigenvalue weighted by molar-refractivity contribution is -0.116. The number of carbonyl (C=O) groups is 2. The van der Waals surface area contributed by atoms with E-state index < -0.39 is 0 Å². The van der Waals surface area contributed by atoms with E-state index in [9.17, 15) is 9.59 Å². The molecule has 0 aromatic heterocycles. The summed E-state index contributed by atoms with van der Waals surface area (Å²) in [7, 11) is 0. The van der Waals surface area contributed by atoms with Gasteiger partial charge in [0.15, 0.2) is 0 Å². The maximum absolute atomic E-state index is 12.0. The molecule has 2 aromatic carbocycles. The number of carbonyl (C=O) groups excluding carboxylic acids is 2. The summed E-state index contributed by atoms with van der Waals surface area (Å²) in [6.45, 7) is 4.48. The highest BCUT2D eigenvalue weighted by molar-refractivity contribution is 5.93. The first-order valence-electron chi connectivity index (χ1n) is 8.75. The number of nitriles is 1. The number of aryl methyl sites for hydroxylation is 2. The molecule has 6 heteroatoms. The van der Waals surface area contributed by atoms with Crippen LogP contribution in [-0.2, 0) is 9.59 Å². The molecule has 0 spiro atoms. The first-order chi connectivity index (χ1) is 13.0. The average molecular weight is 365 g/mol. The Morgan fingerprint density at radius 2 is 1.52 bits per heavy atom. The third-order valence-corrected chi connectivity index (χ3v) is 3.90. The van der Waals surface area contributed by atoms with E-state index in [1.54, 1.807) is 30.3 Å². The quantitative estimate of drug-likeness (QED) is 0.693. The van der Waals surface area contributed by atoms with Crippen molar-refractivity contribution in [1.82, 2.24) is 0 Å². The summed E-state index contributed by atoms with van der Waals surface area (Å²) in [5.74, 6) is 0.423. The van der Waals surface area contributed by atoms with Crippen LogP contribution in [0.5, 0.6) is 5.75 Å². The maximum Gasteiger partial charge on any atom is 0.238 e. The van der Waals surface area contributed by atoms with Crippen molar-refractivity contribution in [1.29, 1.82) is 5.26 Å². The van der Waals surface area contributed by atoms with Gasteiger partial charge in [0.2, 0.25) is 11.8 Å². The lowest BCUT2D eigenvalue weighted by Crippen LogP contribution is -2.13. The highest BCUT2D eigenvalue weighted by Crippen LogP contribution is 2.22. The second-order valence-corrected chi connectivity index (χ2v) is 6.18. The van der Waals surface area contributed by atoms with Crippen LogP contribution >= 0.6 is 0 Å². The molecule has 0 aliphatic rings. The normalized spacial score (nSPS) is 9.96. The second-order valence-electron chi connectivity index (χ2n) is 6.18. The van der Waals surface area contributed by atoms with Crippen molar-refractivity contribution in [2.75, 3.05) is 17.2 Å². The van der Waals surface area contributed by atoms with Gasteiger partial charge >= 0.3 is 0 Å². The molecule has 2 aromatic rings. The molecule has 0 saturated heterocycles. The molecule has 0 aliphatic carbocycles. The SMILES string of the molecule is Cc1cccc(C)c1OCCCC(=O)Nc1ccc(NC(=O)CC#N)cc1. The van der Waals surface area contributed by atoms with E-state index in [1.807, 2.05) is 32.0 Å². The van der Waals surface area contributed by atoms with Gasteiger partial charge in [-0.05, 0) is 55.7 Å². The Morgan fingerprint density at radius 1 is 0.963 bits per heavy atom. The number of ether oxygens (including phenoxy) is 1. The van der Waals surface area contributed by atoms with E-state index in [1.165, 1.54) is 0 Å². The number of anilines is 2. The first kappa shape index (κ1) is 20.0. The fourth-order valence-electron chi connectivity index (χ4n) is 2.57. The minimum absolute atomic E-state index is 0.0960. The standard InChI is InChI=1S/C21H23N3O3/c1-15-5-3-6-16(2)21(15)27-14-4-7-19(25)23-17-8-10-18(11-9-17)24-20(26)12-13-22/h3,5-6,8-11H,4,7,12,14H2,1-2H3,(H,23,25)(H,24,26). The Bertz CT molecular complexity index is 818. The van der Waals surface area contributed by atoms with Gasteiger partial charge in [0.05, 0.1) is 12.7 Å². The molecule has 2 rings (SSSR count). The van der Waals surface area contributed by atoms with Gasteiger partial charge in [-0.25, -0.2) is 0 Å². The molecule has 0 saturated carbocycles. The number of hydrogen-bond acceptors (Lipinski definition) is 4. The Labute approximate surface area is 159 Å². The predicted molar refractivity (Wildman–Crippen MR) is 105 cm³/mol. The highest BCUT2D eigenvalue weighted by Gasteiger charge is 2.06. The molecule has 0 aliphatic heterocycles. The van der Waals surface area contributed by atoms with Crippen molar-refractivity contribution < 1.29 is 14.3 Å². The van der Waals surface area contributed by atoms with Crippen LogP contribution in [0.3, 0.4) is 0 Å². The lowest BCUT2D eigenvalue weighted by atomic mass is 10.1. The highest BCUT2D eigenvalue weighted by atomic mass is 16.5. The van der Waals surface area contributed by atoms with Crippen LogP contribution in [0, 0.1) is 25.2 Å². The van der Waals surface area contributed by atoms with Crippen molar-refractivity contribution in [2.24, 2.45) is 0 Å². The minimum Gasteiger partial charge on any atom is -0.493 e. The van der Waals surface area contributed by atoms with E-state index in [0.717, 1.165) is 16.9 Å². The summed E-state index contributed by atoms with van der Waals surface area (Å²) < 4.78 is 5.80. The predicted octanol–water partition coefficient (Wildman–Crippen LogP) is 3.95. The van der Waals surface area contributed by atoms with E-state index in [2.05, 4.69) is 10.6 Å². The summed E-state index contributed by atoms with van der Waals surface area (Å²) in [5.41, 5.74) is 3.40. The Morgan fingerprint density at radius 3 is 2.07 bits per heavy atom. The summed E-state index contributed by atoms with van der Waals surface area (Å²) in [6.07, 6.45) is 0.774. The zero-order chi connectivity index (χ0) is 19.6. The molecule has 6 nitrogen and oxygen atoms in total. The van der Waals surface area contributed by atoms with E-state index >= 15 is 0 Å². The third kappa shape index (κ3) is 6.48. The van der Waals surface area contributed by atoms with Crippen LogP contribution in [-0.4, -0.2) is 18.4 Å². The summed E-state index contributed by atoms with van der Waals surface area (Å²) in [5, 5.41) is 13.9. The molecule has 2 N–H and O–H groups in total. The molecule has 0 heterocycles. The van der Waals surface area contributed by atoms with Crippen molar-refractivity contribution in [3.63, 3.8) is 0 Å². The van der Waals surface area contributed by atoms with Gasteiger partial charge in [-0.15, -0.1) is 0 Å². The van der Waals surface area contributed by atoms with E-state index in [-0.39, 0.29) is 18.2 Å². The molecular formula is C21H23N3O3. The van der Waals surface area contributed by atoms with Gasteiger partial charge in [0.1, 0.15) is 12.2 Å². The van der Waals surface area contributed by atoms with Crippen LogP contribution in [0.25, 0.3) is 0 Å². The van der Waals surface area contributed by atoms with Crippen molar-refractivity contribution in [3.8, 4) is 11.8 Å². The number of amides is 2. The largest absolute Gasteiger partial charge is 0.493 e. The molecule has 2 amide bonds. The monoisotopic (exact) mass is 365 g/mol. The van der Waals surface area contributed by atoms with Gasteiger partial charge in [0.25, 0.3) is 0 Å². The average Bonchev–Trinajstić information content (AvgIpc) is 2.62. The summed E-state index contributed by atoms with van der Waals surface area (Å²) in [4.78, 5) is 23.4. The Hall–Kier alpha value is -3.33. The molecule has 0 bridgehead atoms. The van der Waals surface area contributed by atoms with Gasteiger partial charge < -0.3 is 15.4 Å². The molecule has 140 valence electrons. The van der Waals surface area contributed by atoms with Crippen LogP contribution < -0.4 is 15.4 Å². The van der Waals surface area contributed by atoms with Crippen LogP contribution in [0.1, 0.15) is 30.4 Å². The second kappa shape index (κ2) is 9.97. The van der Waals surface area contributed by atoms with Crippen LogP contribution in [0.4, 0.5) is 11.4 Å². The third-order valence-electron chi connectivity index (χ3n) is 3.90. The fourth-order valence-corrected chi connectivity index (χ4v) is 2.57. The van der Waals surface area contributed by atoms with E-state index in [0.29, 0.717) is 30.8 Å². The smallest absolute Gasteiger partial charge is 0.238 e.